The number of hydrogen-bond acceptors (Lipinski definition) is 3. The first-order chi connectivity index (χ1) is 13.3. The van der Waals surface area contributed by atoms with Crippen molar-refractivity contribution in [3.63, 3.8) is 0 Å². The monoisotopic (exact) mass is 379 g/mol. The van der Waals surface area contributed by atoms with Crippen molar-refractivity contribution >= 4 is 23.4 Å². The van der Waals surface area contributed by atoms with Crippen molar-refractivity contribution in [1.82, 2.24) is 10.9 Å². The van der Waals surface area contributed by atoms with E-state index in [0.29, 0.717) is 12.1 Å². The molecule has 2 aromatic carbocycles. The van der Waals surface area contributed by atoms with E-state index in [1.807, 2.05) is 42.5 Å². The number of nitrogens with one attached hydrogen (secondary N) is 2. The van der Waals surface area contributed by atoms with Crippen LogP contribution in [0, 0.1) is 5.92 Å². The number of nitrogens with zero attached hydrogens (tertiary/aromatic N) is 1. The minimum Gasteiger partial charge on any atom is -0.312 e. The smallest absolute Gasteiger partial charge is 0.269 e. The molecule has 0 bridgehead atoms. The van der Waals surface area contributed by atoms with Crippen LogP contribution in [0.4, 0.5) is 5.69 Å². The van der Waals surface area contributed by atoms with Crippen molar-refractivity contribution in [2.75, 3.05) is 11.4 Å². The summed E-state index contributed by atoms with van der Waals surface area (Å²) < 4.78 is 0. The van der Waals surface area contributed by atoms with E-state index < -0.39 is 11.8 Å². The van der Waals surface area contributed by atoms with E-state index in [1.165, 1.54) is 0 Å². The van der Waals surface area contributed by atoms with Gasteiger partial charge in [-0.25, -0.2) is 0 Å². The highest BCUT2D eigenvalue weighted by Gasteiger charge is 2.35. The predicted octanol–water partition coefficient (Wildman–Crippen LogP) is 2.80. The summed E-state index contributed by atoms with van der Waals surface area (Å²) in [5.74, 6) is -1.36. The predicted molar refractivity (Wildman–Crippen MR) is 108 cm³/mol. The molecule has 1 fully saturated rings. The van der Waals surface area contributed by atoms with Crippen molar-refractivity contribution in [1.29, 1.82) is 0 Å². The zero-order valence-electron chi connectivity index (χ0n) is 16.4. The molecule has 1 heterocycles. The Labute approximate surface area is 164 Å². The lowest BCUT2D eigenvalue weighted by atomic mass is 9.87. The van der Waals surface area contributed by atoms with Crippen molar-refractivity contribution in [2.24, 2.45) is 5.92 Å². The molecule has 28 heavy (non-hydrogen) atoms. The van der Waals surface area contributed by atoms with Crippen molar-refractivity contribution in [3.05, 3.63) is 65.7 Å². The van der Waals surface area contributed by atoms with Gasteiger partial charge in [0.1, 0.15) is 0 Å². The van der Waals surface area contributed by atoms with Crippen LogP contribution in [0.3, 0.4) is 0 Å². The van der Waals surface area contributed by atoms with Crippen molar-refractivity contribution in [2.45, 2.75) is 32.6 Å². The number of benzene rings is 2. The van der Waals surface area contributed by atoms with Gasteiger partial charge in [-0.3, -0.25) is 25.2 Å². The van der Waals surface area contributed by atoms with Gasteiger partial charge in [-0.1, -0.05) is 51.1 Å². The van der Waals surface area contributed by atoms with Crippen LogP contribution in [-0.4, -0.2) is 24.3 Å². The largest absolute Gasteiger partial charge is 0.312 e. The molecule has 0 aliphatic carbocycles. The van der Waals surface area contributed by atoms with Crippen LogP contribution in [0.2, 0.25) is 0 Å². The molecule has 3 rings (SSSR count). The van der Waals surface area contributed by atoms with Gasteiger partial charge in [0, 0.05) is 24.2 Å². The molecule has 2 aromatic rings. The van der Waals surface area contributed by atoms with E-state index in [2.05, 4.69) is 31.6 Å². The molecule has 6 nitrogen and oxygen atoms in total. The Morgan fingerprint density at radius 1 is 0.964 bits per heavy atom. The summed E-state index contributed by atoms with van der Waals surface area (Å²) in [4.78, 5) is 38.5. The molecule has 146 valence electrons. The molecule has 1 aliphatic rings. The van der Waals surface area contributed by atoms with E-state index in [0.717, 1.165) is 11.3 Å². The molecule has 0 unspecified atom stereocenters. The molecule has 0 spiro atoms. The number of para-hydroxylation sites is 1. The molecule has 3 amide bonds. The molecule has 2 N–H and O–H groups in total. The second-order valence-corrected chi connectivity index (χ2v) is 8.01. The lowest BCUT2D eigenvalue weighted by Crippen LogP contribution is -2.45. The minimum absolute atomic E-state index is 0.00284. The summed E-state index contributed by atoms with van der Waals surface area (Å²) in [5, 5.41) is 0. The van der Waals surface area contributed by atoms with Gasteiger partial charge in [-0.2, -0.15) is 0 Å². The third-order valence-corrected chi connectivity index (χ3v) is 4.88. The molecule has 1 saturated heterocycles. The fourth-order valence-corrected chi connectivity index (χ4v) is 3.15. The maximum Gasteiger partial charge on any atom is 0.269 e. The molecule has 0 saturated carbocycles. The lowest BCUT2D eigenvalue weighted by Gasteiger charge is -2.19. The third kappa shape index (κ3) is 4.39. The van der Waals surface area contributed by atoms with Gasteiger partial charge in [-0.05, 0) is 35.2 Å². The summed E-state index contributed by atoms with van der Waals surface area (Å²) in [6, 6.07) is 16.5. The van der Waals surface area contributed by atoms with E-state index in [9.17, 15) is 14.4 Å². The molecule has 0 aromatic heterocycles. The summed E-state index contributed by atoms with van der Waals surface area (Å²) in [6.45, 7) is 6.60. The Morgan fingerprint density at radius 3 is 2.21 bits per heavy atom. The molecule has 6 heteroatoms. The van der Waals surface area contributed by atoms with Gasteiger partial charge >= 0.3 is 0 Å². The first-order valence-electron chi connectivity index (χ1n) is 9.32. The number of hydrogen-bond donors (Lipinski definition) is 2. The SMILES string of the molecule is CC(C)(C)c1ccc(C(=O)NNC(=O)[C@H]2CC(=O)N(c3ccccc3)C2)cc1. The number of amides is 3. The van der Waals surface area contributed by atoms with Crippen LogP contribution in [0.5, 0.6) is 0 Å². The zero-order chi connectivity index (χ0) is 20.3. The highest BCUT2D eigenvalue weighted by molar-refractivity contribution is 6.01. The Kier molecular flexibility index (Phi) is 5.49. The molecule has 1 atom stereocenters. The number of anilines is 1. The highest BCUT2D eigenvalue weighted by Crippen LogP contribution is 2.25. The number of carbonyl (C=O) groups excluding carboxylic acids is 3. The van der Waals surface area contributed by atoms with Crippen molar-refractivity contribution in [3.8, 4) is 0 Å². The van der Waals surface area contributed by atoms with Gasteiger partial charge in [0.15, 0.2) is 0 Å². The standard InChI is InChI=1S/C22H25N3O3/c1-22(2,3)17-11-9-15(10-12-17)20(27)23-24-21(28)16-13-19(26)25(14-16)18-7-5-4-6-8-18/h4-12,16H,13-14H2,1-3H3,(H,23,27)(H,24,28)/t16-/m0/s1. The Hall–Kier alpha value is -3.15. The molecular weight excluding hydrogens is 354 g/mol. The van der Waals surface area contributed by atoms with Crippen LogP contribution in [0.15, 0.2) is 54.6 Å². The second kappa shape index (κ2) is 7.84. The third-order valence-electron chi connectivity index (χ3n) is 4.88. The van der Waals surface area contributed by atoms with Gasteiger partial charge in [-0.15, -0.1) is 0 Å². The van der Waals surface area contributed by atoms with E-state index in [4.69, 9.17) is 0 Å². The fraction of sp³-hybridized carbons (Fsp3) is 0.318. The van der Waals surface area contributed by atoms with Gasteiger partial charge in [0.2, 0.25) is 11.8 Å². The average molecular weight is 379 g/mol. The zero-order valence-corrected chi connectivity index (χ0v) is 16.4. The quantitative estimate of drug-likeness (QED) is 0.805. The topological polar surface area (TPSA) is 78.5 Å². The van der Waals surface area contributed by atoms with Gasteiger partial charge in [0.05, 0.1) is 5.92 Å². The van der Waals surface area contributed by atoms with Crippen LogP contribution in [0.1, 0.15) is 43.1 Å². The Balaban J connectivity index is 1.55. The molecule has 1 aliphatic heterocycles. The van der Waals surface area contributed by atoms with E-state index >= 15 is 0 Å². The number of rotatable bonds is 3. The maximum atomic E-state index is 12.4. The molecular formula is C22H25N3O3. The van der Waals surface area contributed by atoms with Crippen LogP contribution in [0.25, 0.3) is 0 Å². The fourth-order valence-electron chi connectivity index (χ4n) is 3.15. The van der Waals surface area contributed by atoms with Crippen LogP contribution < -0.4 is 15.8 Å². The van der Waals surface area contributed by atoms with Crippen molar-refractivity contribution < 1.29 is 14.4 Å². The summed E-state index contributed by atoms with van der Waals surface area (Å²) in [6.07, 6.45) is 0.122. The molecule has 0 radical (unpaired) electrons. The summed E-state index contributed by atoms with van der Waals surface area (Å²) >= 11 is 0. The maximum absolute atomic E-state index is 12.4. The average Bonchev–Trinajstić information content (AvgIpc) is 3.08. The minimum atomic E-state index is -0.503. The normalized spacial score (nSPS) is 16.8. The van der Waals surface area contributed by atoms with Gasteiger partial charge < -0.3 is 4.90 Å². The van der Waals surface area contributed by atoms with E-state index in [-0.39, 0.29) is 23.7 Å². The van der Waals surface area contributed by atoms with Crippen LogP contribution in [-0.2, 0) is 15.0 Å². The first-order valence-corrected chi connectivity index (χ1v) is 9.32. The first kappa shape index (κ1) is 19.6. The van der Waals surface area contributed by atoms with Crippen LogP contribution >= 0.6 is 0 Å². The summed E-state index contributed by atoms with van der Waals surface area (Å²) in [5.41, 5.74) is 7.23. The van der Waals surface area contributed by atoms with Gasteiger partial charge in [0.25, 0.3) is 5.91 Å². The lowest BCUT2D eigenvalue weighted by molar-refractivity contribution is -0.126. The van der Waals surface area contributed by atoms with E-state index in [1.54, 1.807) is 17.0 Å². The number of hydrazine groups is 1. The number of carbonyl (C=O) groups is 3. The second-order valence-electron chi connectivity index (χ2n) is 8.01. The Morgan fingerprint density at radius 2 is 1.61 bits per heavy atom. The Bertz CT molecular complexity index is 870. The highest BCUT2D eigenvalue weighted by atomic mass is 16.2. The summed E-state index contributed by atoms with van der Waals surface area (Å²) in [7, 11) is 0.